The number of benzene rings is 2. The molecule has 0 amide bonds. The zero-order valence-corrected chi connectivity index (χ0v) is 10.6. The lowest BCUT2D eigenvalue weighted by Gasteiger charge is -2.08. The average Bonchev–Trinajstić information content (AvgIpc) is 2.37. The van der Waals surface area contributed by atoms with E-state index < -0.39 is 4.92 Å². The molecule has 98 valence electrons. The molecule has 2 aromatic carbocycles. The number of rotatable bonds is 4. The summed E-state index contributed by atoms with van der Waals surface area (Å²) in [4.78, 5) is 10.1. The second-order valence-electron chi connectivity index (χ2n) is 3.89. The van der Waals surface area contributed by atoms with Crippen LogP contribution in [-0.2, 0) is 6.61 Å². The van der Waals surface area contributed by atoms with E-state index in [-0.39, 0.29) is 12.3 Å². The van der Waals surface area contributed by atoms with Crippen molar-refractivity contribution < 1.29 is 9.66 Å². The molecule has 0 aliphatic carbocycles. The molecule has 6 heteroatoms. The summed E-state index contributed by atoms with van der Waals surface area (Å²) in [5.74, 6) is 0.620. The molecule has 0 aliphatic rings. The van der Waals surface area contributed by atoms with E-state index in [1.807, 2.05) is 0 Å². The summed E-state index contributed by atoms with van der Waals surface area (Å²) in [7, 11) is 0. The van der Waals surface area contributed by atoms with Gasteiger partial charge in [-0.3, -0.25) is 10.1 Å². The Morgan fingerprint density at radius 2 is 2.05 bits per heavy atom. The molecule has 2 aromatic rings. The SMILES string of the molecule is Nc1cccc(OCc2ccc([N+](=O)[O-])cc2Cl)c1. The molecule has 0 saturated carbocycles. The number of nitrogens with zero attached hydrogens (tertiary/aromatic N) is 1. The van der Waals surface area contributed by atoms with Gasteiger partial charge in [0.15, 0.2) is 0 Å². The van der Waals surface area contributed by atoms with Gasteiger partial charge < -0.3 is 10.5 Å². The first kappa shape index (κ1) is 13.2. The minimum absolute atomic E-state index is 0.0438. The van der Waals surface area contributed by atoms with E-state index in [4.69, 9.17) is 22.1 Å². The van der Waals surface area contributed by atoms with E-state index >= 15 is 0 Å². The first-order valence-electron chi connectivity index (χ1n) is 5.47. The largest absolute Gasteiger partial charge is 0.489 e. The van der Waals surface area contributed by atoms with Crippen molar-refractivity contribution in [2.45, 2.75) is 6.61 Å². The van der Waals surface area contributed by atoms with E-state index in [2.05, 4.69) is 0 Å². The van der Waals surface area contributed by atoms with Gasteiger partial charge in [0.1, 0.15) is 12.4 Å². The lowest BCUT2D eigenvalue weighted by molar-refractivity contribution is -0.384. The molecule has 19 heavy (non-hydrogen) atoms. The molecule has 5 nitrogen and oxygen atoms in total. The maximum Gasteiger partial charge on any atom is 0.270 e. The Labute approximate surface area is 114 Å². The van der Waals surface area contributed by atoms with Crippen molar-refractivity contribution in [3.8, 4) is 5.75 Å². The smallest absolute Gasteiger partial charge is 0.270 e. The Hall–Kier alpha value is -2.27. The van der Waals surface area contributed by atoms with Gasteiger partial charge in [-0.1, -0.05) is 17.7 Å². The van der Waals surface area contributed by atoms with Crippen LogP contribution < -0.4 is 10.5 Å². The van der Waals surface area contributed by atoms with E-state index in [1.54, 1.807) is 30.3 Å². The summed E-state index contributed by atoms with van der Waals surface area (Å²) in [5, 5.41) is 10.9. The highest BCUT2D eigenvalue weighted by Crippen LogP contribution is 2.24. The zero-order chi connectivity index (χ0) is 13.8. The van der Waals surface area contributed by atoms with Gasteiger partial charge in [0.2, 0.25) is 0 Å². The number of hydrogen-bond acceptors (Lipinski definition) is 4. The zero-order valence-electron chi connectivity index (χ0n) is 9.88. The van der Waals surface area contributed by atoms with Crippen molar-refractivity contribution in [3.63, 3.8) is 0 Å². The first-order chi connectivity index (χ1) is 9.06. The third-order valence-electron chi connectivity index (χ3n) is 2.50. The molecule has 0 aliphatic heterocycles. The van der Waals surface area contributed by atoms with E-state index in [0.29, 0.717) is 22.0 Å². The number of nitro groups is 1. The van der Waals surface area contributed by atoms with E-state index in [1.165, 1.54) is 12.1 Å². The highest BCUT2D eigenvalue weighted by atomic mass is 35.5. The fourth-order valence-electron chi connectivity index (χ4n) is 1.53. The third-order valence-corrected chi connectivity index (χ3v) is 2.85. The van der Waals surface area contributed by atoms with Crippen LogP contribution in [0, 0.1) is 10.1 Å². The Kier molecular flexibility index (Phi) is 3.87. The van der Waals surface area contributed by atoms with E-state index in [9.17, 15) is 10.1 Å². The second-order valence-corrected chi connectivity index (χ2v) is 4.30. The maximum absolute atomic E-state index is 10.6. The van der Waals surface area contributed by atoms with Crippen LogP contribution in [0.1, 0.15) is 5.56 Å². The standard InChI is InChI=1S/C13H11ClN2O3/c14-13-7-11(16(17)18)5-4-9(13)8-19-12-3-1-2-10(15)6-12/h1-7H,8,15H2. The summed E-state index contributed by atoms with van der Waals surface area (Å²) in [6.45, 7) is 0.223. The molecule has 0 heterocycles. The maximum atomic E-state index is 10.6. The molecule has 0 aromatic heterocycles. The normalized spacial score (nSPS) is 10.2. The third kappa shape index (κ3) is 3.35. The molecule has 0 bridgehead atoms. The summed E-state index contributed by atoms with van der Waals surface area (Å²) >= 11 is 5.96. The number of anilines is 1. The number of nitrogen functional groups attached to an aromatic ring is 1. The number of nitrogens with two attached hydrogens (primary N) is 1. The predicted molar refractivity (Wildman–Crippen MR) is 73.3 cm³/mol. The lowest BCUT2D eigenvalue weighted by atomic mass is 10.2. The van der Waals surface area contributed by atoms with Crippen molar-refractivity contribution >= 4 is 23.0 Å². The van der Waals surface area contributed by atoms with Crippen LogP contribution in [0.2, 0.25) is 5.02 Å². The van der Waals surface area contributed by atoms with Crippen LogP contribution >= 0.6 is 11.6 Å². The summed E-state index contributed by atoms with van der Waals surface area (Å²) in [6, 6.07) is 11.3. The topological polar surface area (TPSA) is 78.4 Å². The molecule has 0 fully saturated rings. The lowest BCUT2D eigenvalue weighted by Crippen LogP contribution is -1.98. The van der Waals surface area contributed by atoms with Crippen molar-refractivity contribution in [2.24, 2.45) is 0 Å². The number of ether oxygens (including phenoxy) is 1. The fraction of sp³-hybridized carbons (Fsp3) is 0.0769. The van der Waals surface area contributed by atoms with Gasteiger partial charge in [0, 0.05) is 29.4 Å². The van der Waals surface area contributed by atoms with Crippen molar-refractivity contribution in [1.82, 2.24) is 0 Å². The van der Waals surface area contributed by atoms with Crippen LogP contribution in [0.4, 0.5) is 11.4 Å². The quantitative estimate of drug-likeness (QED) is 0.528. The molecule has 0 spiro atoms. The molecular formula is C13H11ClN2O3. The van der Waals surface area contributed by atoms with Crippen LogP contribution in [0.25, 0.3) is 0 Å². The fourth-order valence-corrected chi connectivity index (χ4v) is 1.76. The van der Waals surface area contributed by atoms with Gasteiger partial charge in [0.05, 0.1) is 9.95 Å². The van der Waals surface area contributed by atoms with Crippen LogP contribution in [0.15, 0.2) is 42.5 Å². The van der Waals surface area contributed by atoms with E-state index in [0.717, 1.165) is 0 Å². The molecule has 0 unspecified atom stereocenters. The van der Waals surface area contributed by atoms with Crippen molar-refractivity contribution in [1.29, 1.82) is 0 Å². The summed E-state index contributed by atoms with van der Waals surface area (Å²) < 4.78 is 5.52. The molecule has 0 saturated heterocycles. The highest BCUT2D eigenvalue weighted by Gasteiger charge is 2.09. The number of hydrogen-bond donors (Lipinski definition) is 1. The van der Waals surface area contributed by atoms with Gasteiger partial charge in [-0.15, -0.1) is 0 Å². The monoisotopic (exact) mass is 278 g/mol. The minimum atomic E-state index is -0.492. The Morgan fingerprint density at radius 3 is 2.68 bits per heavy atom. The second kappa shape index (κ2) is 5.58. The Morgan fingerprint density at radius 1 is 1.26 bits per heavy atom. The predicted octanol–water partition coefficient (Wildman–Crippen LogP) is 3.41. The van der Waals surface area contributed by atoms with Crippen molar-refractivity contribution in [2.75, 3.05) is 5.73 Å². The van der Waals surface area contributed by atoms with Crippen LogP contribution in [-0.4, -0.2) is 4.92 Å². The van der Waals surface area contributed by atoms with Crippen LogP contribution in [0.3, 0.4) is 0 Å². The molecule has 2 N–H and O–H groups in total. The summed E-state index contributed by atoms with van der Waals surface area (Å²) in [6.07, 6.45) is 0. The summed E-state index contributed by atoms with van der Waals surface area (Å²) in [5.41, 5.74) is 6.87. The van der Waals surface area contributed by atoms with Gasteiger partial charge in [-0.2, -0.15) is 0 Å². The molecule has 0 atom stereocenters. The van der Waals surface area contributed by atoms with Crippen molar-refractivity contribution in [3.05, 3.63) is 63.2 Å². The average molecular weight is 279 g/mol. The van der Waals surface area contributed by atoms with Crippen LogP contribution in [0.5, 0.6) is 5.75 Å². The van der Waals surface area contributed by atoms with Gasteiger partial charge in [-0.25, -0.2) is 0 Å². The minimum Gasteiger partial charge on any atom is -0.489 e. The highest BCUT2D eigenvalue weighted by molar-refractivity contribution is 6.31. The molecule has 2 rings (SSSR count). The first-order valence-corrected chi connectivity index (χ1v) is 5.85. The number of halogens is 1. The van der Waals surface area contributed by atoms with Gasteiger partial charge >= 0.3 is 0 Å². The molecular weight excluding hydrogens is 268 g/mol. The Balaban J connectivity index is 2.10. The Bertz CT molecular complexity index is 617. The van der Waals surface area contributed by atoms with Gasteiger partial charge in [0.25, 0.3) is 5.69 Å². The molecule has 0 radical (unpaired) electrons. The number of nitro benzene ring substituents is 1. The number of non-ortho nitro benzene ring substituents is 1. The van der Waals surface area contributed by atoms with Gasteiger partial charge in [-0.05, 0) is 18.2 Å².